The second-order valence-electron chi connectivity index (χ2n) is 6.30. The van der Waals surface area contributed by atoms with Crippen molar-refractivity contribution in [2.75, 3.05) is 32.1 Å². The molecule has 3 N–H and O–H groups in total. The fourth-order valence-corrected chi connectivity index (χ4v) is 2.41. The molecule has 28 heavy (non-hydrogen) atoms. The summed E-state index contributed by atoms with van der Waals surface area (Å²) in [6, 6.07) is 15.1. The molecular formula is C21H28ClN3O3. The first-order chi connectivity index (χ1) is 13.1. The Morgan fingerprint density at radius 1 is 0.929 bits per heavy atom. The van der Waals surface area contributed by atoms with Crippen LogP contribution in [0.15, 0.2) is 48.5 Å². The molecule has 0 saturated carbocycles. The number of anilines is 1. The smallest absolute Gasteiger partial charge is 0.262 e. The number of carbonyl (C=O) groups is 2. The summed E-state index contributed by atoms with van der Waals surface area (Å²) in [4.78, 5) is 23.5. The highest BCUT2D eigenvalue weighted by Crippen LogP contribution is 2.13. The van der Waals surface area contributed by atoms with Crippen molar-refractivity contribution in [1.29, 1.82) is 0 Å². The largest absolute Gasteiger partial charge is 0.484 e. The molecule has 0 aromatic heterocycles. The number of aryl methyl sites for hydroxylation is 1. The van der Waals surface area contributed by atoms with Crippen LogP contribution in [0.2, 0.25) is 0 Å². The van der Waals surface area contributed by atoms with Gasteiger partial charge in [-0.05, 0) is 50.2 Å². The van der Waals surface area contributed by atoms with Crippen LogP contribution in [-0.2, 0) is 16.0 Å². The minimum absolute atomic E-state index is 0. The Labute approximate surface area is 172 Å². The molecule has 2 aromatic carbocycles. The molecule has 0 atom stereocenters. The maximum atomic E-state index is 11.9. The van der Waals surface area contributed by atoms with Crippen molar-refractivity contribution in [2.24, 2.45) is 0 Å². The third kappa shape index (κ3) is 8.88. The molecule has 0 heterocycles. The lowest BCUT2D eigenvalue weighted by molar-refractivity contribution is -0.121. The van der Waals surface area contributed by atoms with E-state index in [4.69, 9.17) is 4.74 Å². The molecule has 0 fully saturated rings. The molecular weight excluding hydrogens is 378 g/mol. The van der Waals surface area contributed by atoms with Gasteiger partial charge in [-0.2, -0.15) is 0 Å². The summed E-state index contributed by atoms with van der Waals surface area (Å²) >= 11 is 0. The van der Waals surface area contributed by atoms with Crippen LogP contribution in [-0.4, -0.2) is 38.6 Å². The maximum absolute atomic E-state index is 11.9. The fraction of sp³-hybridized carbons (Fsp3) is 0.333. The van der Waals surface area contributed by atoms with Crippen LogP contribution in [0.1, 0.15) is 17.5 Å². The molecule has 0 bridgehead atoms. The highest BCUT2D eigenvalue weighted by Gasteiger charge is 2.04. The minimum atomic E-state index is -0.202. The first-order valence-electron chi connectivity index (χ1n) is 9.06. The van der Waals surface area contributed by atoms with Crippen molar-refractivity contribution in [1.82, 2.24) is 10.6 Å². The molecule has 152 valence electrons. The van der Waals surface area contributed by atoms with Crippen molar-refractivity contribution in [2.45, 2.75) is 19.8 Å². The summed E-state index contributed by atoms with van der Waals surface area (Å²) in [7, 11) is 1.82. The van der Waals surface area contributed by atoms with Gasteiger partial charge in [0, 0.05) is 25.2 Å². The summed E-state index contributed by atoms with van der Waals surface area (Å²) in [6.45, 7) is 3.22. The molecule has 2 amide bonds. The van der Waals surface area contributed by atoms with E-state index in [-0.39, 0.29) is 30.8 Å². The Balaban J connectivity index is 0.00000392. The summed E-state index contributed by atoms with van der Waals surface area (Å²) in [5.41, 5.74) is 2.99. The molecule has 0 saturated heterocycles. The molecule has 7 heteroatoms. The standard InChI is InChI=1S/C21H27N3O3.ClH/c1-16-3-7-18(8-4-16)24-21(26)15-27-19-9-5-17(6-10-19)11-14-23-20(25)12-13-22-2;/h3-10,22H,11-15H2,1-2H3,(H,23,25)(H,24,26);1H. The van der Waals surface area contributed by atoms with Gasteiger partial charge < -0.3 is 20.7 Å². The molecule has 0 radical (unpaired) electrons. The van der Waals surface area contributed by atoms with Crippen LogP contribution in [0.4, 0.5) is 5.69 Å². The molecule has 0 unspecified atom stereocenters. The molecule has 0 aliphatic heterocycles. The van der Waals surface area contributed by atoms with Crippen LogP contribution < -0.4 is 20.7 Å². The van der Waals surface area contributed by atoms with Gasteiger partial charge >= 0.3 is 0 Å². The predicted molar refractivity (Wildman–Crippen MR) is 114 cm³/mol. The molecule has 2 aromatic rings. The lowest BCUT2D eigenvalue weighted by Crippen LogP contribution is -2.28. The van der Waals surface area contributed by atoms with Crippen molar-refractivity contribution >= 4 is 29.9 Å². The van der Waals surface area contributed by atoms with Gasteiger partial charge in [0.05, 0.1) is 0 Å². The first-order valence-corrected chi connectivity index (χ1v) is 9.06. The number of hydrogen-bond donors (Lipinski definition) is 3. The molecule has 2 rings (SSSR count). The topological polar surface area (TPSA) is 79.5 Å². The van der Waals surface area contributed by atoms with Crippen molar-refractivity contribution in [3.63, 3.8) is 0 Å². The Bertz CT molecular complexity index is 734. The lowest BCUT2D eigenvalue weighted by Gasteiger charge is -2.09. The summed E-state index contributed by atoms with van der Waals surface area (Å²) in [5, 5.41) is 8.62. The third-order valence-corrected chi connectivity index (χ3v) is 3.97. The van der Waals surface area contributed by atoms with Gasteiger partial charge in [0.15, 0.2) is 6.61 Å². The zero-order valence-corrected chi connectivity index (χ0v) is 17.1. The average molecular weight is 406 g/mol. The molecule has 0 spiro atoms. The van der Waals surface area contributed by atoms with Crippen LogP contribution in [0.25, 0.3) is 0 Å². The Morgan fingerprint density at radius 3 is 2.25 bits per heavy atom. The van der Waals surface area contributed by atoms with Gasteiger partial charge in [0.25, 0.3) is 5.91 Å². The van der Waals surface area contributed by atoms with Crippen LogP contribution in [0, 0.1) is 6.92 Å². The van der Waals surface area contributed by atoms with E-state index in [2.05, 4.69) is 16.0 Å². The van der Waals surface area contributed by atoms with Gasteiger partial charge in [0.2, 0.25) is 5.91 Å². The third-order valence-electron chi connectivity index (χ3n) is 3.97. The van der Waals surface area contributed by atoms with Gasteiger partial charge in [-0.3, -0.25) is 9.59 Å². The summed E-state index contributed by atoms with van der Waals surface area (Å²) in [6.07, 6.45) is 1.23. The summed E-state index contributed by atoms with van der Waals surface area (Å²) < 4.78 is 5.52. The summed E-state index contributed by atoms with van der Waals surface area (Å²) in [5.74, 6) is 0.479. The van der Waals surface area contributed by atoms with Crippen LogP contribution in [0.5, 0.6) is 5.75 Å². The second-order valence-corrected chi connectivity index (χ2v) is 6.30. The number of carbonyl (C=O) groups excluding carboxylic acids is 2. The number of nitrogens with one attached hydrogen (secondary N) is 3. The number of amides is 2. The quantitative estimate of drug-likeness (QED) is 0.567. The lowest BCUT2D eigenvalue weighted by atomic mass is 10.1. The van der Waals surface area contributed by atoms with E-state index in [1.807, 2.05) is 62.5 Å². The van der Waals surface area contributed by atoms with E-state index in [0.717, 1.165) is 23.2 Å². The highest BCUT2D eigenvalue weighted by atomic mass is 35.5. The monoisotopic (exact) mass is 405 g/mol. The SMILES string of the molecule is CNCCC(=O)NCCc1ccc(OCC(=O)Nc2ccc(C)cc2)cc1.Cl. The normalized spacial score (nSPS) is 9.93. The van der Waals surface area contributed by atoms with E-state index in [9.17, 15) is 9.59 Å². The number of halogens is 1. The van der Waals surface area contributed by atoms with E-state index in [1.54, 1.807) is 0 Å². The van der Waals surface area contributed by atoms with Crippen LogP contribution >= 0.6 is 12.4 Å². The average Bonchev–Trinajstić information content (AvgIpc) is 2.67. The predicted octanol–water partition coefficient (Wildman–Crippen LogP) is 2.70. The number of rotatable bonds is 10. The van der Waals surface area contributed by atoms with Crippen molar-refractivity contribution < 1.29 is 14.3 Å². The minimum Gasteiger partial charge on any atom is -0.484 e. The Hall–Kier alpha value is -2.57. The van der Waals surface area contributed by atoms with E-state index < -0.39 is 0 Å². The van der Waals surface area contributed by atoms with E-state index in [0.29, 0.717) is 25.3 Å². The van der Waals surface area contributed by atoms with Gasteiger partial charge in [0.1, 0.15) is 5.75 Å². The zero-order chi connectivity index (χ0) is 19.5. The number of hydrogen-bond acceptors (Lipinski definition) is 4. The Kier molecular flexibility index (Phi) is 10.7. The molecule has 0 aliphatic carbocycles. The van der Waals surface area contributed by atoms with Crippen molar-refractivity contribution in [3.8, 4) is 5.75 Å². The van der Waals surface area contributed by atoms with Crippen LogP contribution in [0.3, 0.4) is 0 Å². The van der Waals surface area contributed by atoms with Gasteiger partial charge in [-0.15, -0.1) is 12.4 Å². The number of benzene rings is 2. The van der Waals surface area contributed by atoms with Gasteiger partial charge in [-0.25, -0.2) is 0 Å². The molecule has 6 nitrogen and oxygen atoms in total. The van der Waals surface area contributed by atoms with E-state index in [1.165, 1.54) is 0 Å². The first kappa shape index (κ1) is 23.5. The maximum Gasteiger partial charge on any atom is 0.262 e. The second kappa shape index (κ2) is 12.8. The van der Waals surface area contributed by atoms with Gasteiger partial charge in [-0.1, -0.05) is 29.8 Å². The number of ether oxygens (including phenoxy) is 1. The fourth-order valence-electron chi connectivity index (χ4n) is 2.41. The van der Waals surface area contributed by atoms with E-state index >= 15 is 0 Å². The zero-order valence-electron chi connectivity index (χ0n) is 16.3. The molecule has 0 aliphatic rings. The Morgan fingerprint density at radius 2 is 1.61 bits per heavy atom. The van der Waals surface area contributed by atoms with Crippen molar-refractivity contribution in [3.05, 3.63) is 59.7 Å². The highest BCUT2D eigenvalue weighted by molar-refractivity contribution is 5.91.